The van der Waals surface area contributed by atoms with Crippen LogP contribution in [0.15, 0.2) is 17.1 Å². The monoisotopic (exact) mass is 171 g/mol. The molecule has 0 unspecified atom stereocenters. The number of aryl methyl sites for hydroxylation is 2. The van der Waals surface area contributed by atoms with E-state index in [1.165, 1.54) is 0 Å². The zero-order valence-corrected chi connectivity index (χ0v) is 7.35. The van der Waals surface area contributed by atoms with Crippen molar-refractivity contribution < 1.29 is 0 Å². The Kier molecular flexibility index (Phi) is 2.35. The van der Waals surface area contributed by atoms with Gasteiger partial charge >= 0.3 is 0 Å². The first-order chi connectivity index (χ1) is 5.15. The minimum Gasteiger partial charge on any atom is -0.314 e. The number of hydrogen-bond donors (Lipinski definition) is 0. The van der Waals surface area contributed by atoms with Gasteiger partial charge in [-0.1, -0.05) is 11.6 Å². The highest BCUT2D eigenvalue weighted by molar-refractivity contribution is 6.30. The summed E-state index contributed by atoms with van der Waals surface area (Å²) in [5.74, 6) is 0. The third-order valence-electron chi connectivity index (χ3n) is 1.52. The first-order valence-corrected chi connectivity index (χ1v) is 3.89. The zero-order valence-electron chi connectivity index (χ0n) is 6.60. The molecule has 60 valence electrons. The smallest absolute Gasteiger partial charge is 0.269 e. The second-order valence-electron chi connectivity index (χ2n) is 2.46. The van der Waals surface area contributed by atoms with Crippen molar-refractivity contribution in [1.29, 1.82) is 0 Å². The van der Waals surface area contributed by atoms with Crippen LogP contribution in [0.2, 0.25) is 5.02 Å². The van der Waals surface area contributed by atoms with Gasteiger partial charge in [-0.05, 0) is 25.5 Å². The molecular weight excluding hydrogens is 162 g/mol. The molecule has 0 aromatic carbocycles. The van der Waals surface area contributed by atoms with Gasteiger partial charge in [0.15, 0.2) is 0 Å². The van der Waals surface area contributed by atoms with E-state index in [-0.39, 0.29) is 5.56 Å². The summed E-state index contributed by atoms with van der Waals surface area (Å²) in [5.41, 5.74) is 0.899. The molecule has 0 aliphatic heterocycles. The Hall–Kier alpha value is -0.760. The van der Waals surface area contributed by atoms with E-state index in [0.29, 0.717) is 11.6 Å². The standard InChI is InChI=1S/C8H10ClNO/c1-3-10-5-6(2)4-7(9)8(10)11/h4-5H,3H2,1-2H3. The third-order valence-corrected chi connectivity index (χ3v) is 1.79. The normalized spacial score (nSPS) is 10.1. The van der Waals surface area contributed by atoms with E-state index in [0.717, 1.165) is 5.56 Å². The number of aromatic nitrogens is 1. The molecule has 0 spiro atoms. The van der Waals surface area contributed by atoms with Gasteiger partial charge in [-0.25, -0.2) is 0 Å². The maximum atomic E-state index is 11.2. The van der Waals surface area contributed by atoms with Crippen LogP contribution in [0, 0.1) is 6.92 Å². The molecule has 1 aromatic rings. The van der Waals surface area contributed by atoms with Gasteiger partial charge in [-0.2, -0.15) is 0 Å². The molecule has 2 nitrogen and oxygen atoms in total. The van der Waals surface area contributed by atoms with E-state index in [1.54, 1.807) is 16.8 Å². The molecule has 1 aromatic heterocycles. The zero-order chi connectivity index (χ0) is 8.43. The Morgan fingerprint density at radius 1 is 1.64 bits per heavy atom. The minimum atomic E-state index is -0.111. The average molecular weight is 172 g/mol. The third kappa shape index (κ3) is 1.63. The number of rotatable bonds is 1. The van der Waals surface area contributed by atoms with Crippen molar-refractivity contribution in [3.63, 3.8) is 0 Å². The number of halogens is 1. The van der Waals surface area contributed by atoms with Crippen LogP contribution in [-0.2, 0) is 6.54 Å². The predicted octanol–water partition coefficient (Wildman–Crippen LogP) is 1.83. The predicted molar refractivity (Wildman–Crippen MR) is 46.1 cm³/mol. The van der Waals surface area contributed by atoms with E-state index in [4.69, 9.17) is 11.6 Å². The van der Waals surface area contributed by atoms with Crippen molar-refractivity contribution in [3.8, 4) is 0 Å². The molecule has 0 N–H and O–H groups in total. The maximum Gasteiger partial charge on any atom is 0.269 e. The van der Waals surface area contributed by atoms with Crippen LogP contribution in [-0.4, -0.2) is 4.57 Å². The molecule has 0 saturated heterocycles. The molecule has 1 heterocycles. The molecular formula is C8H10ClNO. The molecule has 0 radical (unpaired) electrons. The van der Waals surface area contributed by atoms with Crippen LogP contribution in [0.1, 0.15) is 12.5 Å². The van der Waals surface area contributed by atoms with Gasteiger partial charge in [0.1, 0.15) is 5.02 Å². The van der Waals surface area contributed by atoms with Crippen molar-refractivity contribution in [2.24, 2.45) is 0 Å². The molecule has 0 atom stereocenters. The Bertz CT molecular complexity index is 316. The average Bonchev–Trinajstić information content (AvgIpc) is 1.96. The molecule has 0 fully saturated rings. The lowest BCUT2D eigenvalue weighted by Gasteiger charge is -2.02. The Balaban J connectivity index is 3.37. The molecule has 0 amide bonds. The highest BCUT2D eigenvalue weighted by atomic mass is 35.5. The van der Waals surface area contributed by atoms with Crippen LogP contribution in [0.3, 0.4) is 0 Å². The van der Waals surface area contributed by atoms with Gasteiger partial charge in [0.05, 0.1) is 0 Å². The highest BCUT2D eigenvalue weighted by Crippen LogP contribution is 2.03. The summed E-state index contributed by atoms with van der Waals surface area (Å²) < 4.78 is 1.59. The Labute approximate surface area is 70.4 Å². The number of hydrogen-bond acceptors (Lipinski definition) is 1. The van der Waals surface area contributed by atoms with Crippen LogP contribution in [0.25, 0.3) is 0 Å². The lowest BCUT2D eigenvalue weighted by Crippen LogP contribution is -2.18. The van der Waals surface area contributed by atoms with Crippen molar-refractivity contribution in [2.45, 2.75) is 20.4 Å². The topological polar surface area (TPSA) is 22.0 Å². The Morgan fingerprint density at radius 3 is 2.82 bits per heavy atom. The first-order valence-electron chi connectivity index (χ1n) is 3.51. The van der Waals surface area contributed by atoms with E-state index >= 15 is 0 Å². The van der Waals surface area contributed by atoms with Gasteiger partial charge in [-0.15, -0.1) is 0 Å². The SMILES string of the molecule is CCn1cc(C)cc(Cl)c1=O. The second-order valence-corrected chi connectivity index (χ2v) is 2.86. The van der Waals surface area contributed by atoms with Crippen molar-refractivity contribution in [1.82, 2.24) is 4.57 Å². The summed E-state index contributed by atoms with van der Waals surface area (Å²) >= 11 is 5.66. The summed E-state index contributed by atoms with van der Waals surface area (Å²) in [6.07, 6.45) is 1.80. The van der Waals surface area contributed by atoms with Crippen molar-refractivity contribution in [2.75, 3.05) is 0 Å². The van der Waals surface area contributed by atoms with E-state index in [2.05, 4.69) is 0 Å². The first kappa shape index (κ1) is 8.34. The fourth-order valence-electron chi connectivity index (χ4n) is 0.975. The summed E-state index contributed by atoms with van der Waals surface area (Å²) in [5, 5.41) is 0.298. The summed E-state index contributed by atoms with van der Waals surface area (Å²) in [4.78, 5) is 11.2. The van der Waals surface area contributed by atoms with Gasteiger partial charge in [0.2, 0.25) is 0 Å². The van der Waals surface area contributed by atoms with Crippen molar-refractivity contribution >= 4 is 11.6 Å². The summed E-state index contributed by atoms with van der Waals surface area (Å²) in [6, 6.07) is 1.68. The van der Waals surface area contributed by atoms with Gasteiger partial charge in [-0.3, -0.25) is 4.79 Å². The minimum absolute atomic E-state index is 0.111. The van der Waals surface area contributed by atoms with Gasteiger partial charge in [0, 0.05) is 12.7 Å². The molecule has 1 rings (SSSR count). The van der Waals surface area contributed by atoms with Crippen LogP contribution in [0.5, 0.6) is 0 Å². The summed E-state index contributed by atoms with van der Waals surface area (Å²) in [7, 11) is 0. The lowest BCUT2D eigenvalue weighted by atomic mass is 10.3. The molecule has 0 aliphatic carbocycles. The van der Waals surface area contributed by atoms with Crippen LogP contribution >= 0.6 is 11.6 Å². The van der Waals surface area contributed by atoms with Crippen LogP contribution < -0.4 is 5.56 Å². The fraction of sp³-hybridized carbons (Fsp3) is 0.375. The lowest BCUT2D eigenvalue weighted by molar-refractivity contribution is 0.723. The molecule has 11 heavy (non-hydrogen) atoms. The van der Waals surface area contributed by atoms with Gasteiger partial charge < -0.3 is 4.57 Å². The molecule has 0 aliphatic rings. The highest BCUT2D eigenvalue weighted by Gasteiger charge is 1.99. The van der Waals surface area contributed by atoms with Crippen LogP contribution in [0.4, 0.5) is 0 Å². The molecule has 0 bridgehead atoms. The molecule has 0 saturated carbocycles. The van der Waals surface area contributed by atoms with Gasteiger partial charge in [0.25, 0.3) is 5.56 Å². The van der Waals surface area contributed by atoms with Crippen molar-refractivity contribution in [3.05, 3.63) is 33.2 Å². The number of nitrogens with zero attached hydrogens (tertiary/aromatic N) is 1. The second kappa shape index (κ2) is 3.09. The van der Waals surface area contributed by atoms with E-state index < -0.39 is 0 Å². The maximum absolute atomic E-state index is 11.2. The quantitative estimate of drug-likeness (QED) is 0.632. The fourth-order valence-corrected chi connectivity index (χ4v) is 1.26. The largest absolute Gasteiger partial charge is 0.314 e. The summed E-state index contributed by atoms with van der Waals surface area (Å²) in [6.45, 7) is 4.49. The molecule has 3 heteroatoms. The Morgan fingerprint density at radius 2 is 2.27 bits per heavy atom. The van der Waals surface area contributed by atoms with E-state index in [1.807, 2.05) is 13.8 Å². The number of pyridine rings is 1. The van der Waals surface area contributed by atoms with E-state index in [9.17, 15) is 4.79 Å².